The number of urea groups is 1. The molecule has 2 atom stereocenters. The molecule has 0 unspecified atom stereocenters. The first-order valence-electron chi connectivity index (χ1n) is 5.92. The first kappa shape index (κ1) is 15.6. The van der Waals surface area contributed by atoms with Gasteiger partial charge in [-0.15, -0.1) is 0 Å². The highest BCUT2D eigenvalue weighted by atomic mass is 79.9. The zero-order valence-corrected chi connectivity index (χ0v) is 12.1. The van der Waals surface area contributed by atoms with Crippen LogP contribution in [0.1, 0.15) is 6.42 Å². The molecule has 1 aromatic carbocycles. The smallest absolute Gasteiger partial charge is 0.326 e. The van der Waals surface area contributed by atoms with Gasteiger partial charge < -0.3 is 20.4 Å². The third kappa shape index (κ3) is 3.30. The Kier molecular flexibility index (Phi) is 4.43. The van der Waals surface area contributed by atoms with Gasteiger partial charge in [-0.25, -0.2) is 18.4 Å². The Bertz CT molecular complexity index is 576. The number of hydrogen-bond acceptors (Lipinski definition) is 3. The second-order valence-corrected chi connectivity index (χ2v) is 5.42. The number of rotatable bonds is 2. The number of aliphatic hydroxyl groups is 1. The van der Waals surface area contributed by atoms with Crippen LogP contribution in [0.2, 0.25) is 0 Å². The molecule has 1 fully saturated rings. The van der Waals surface area contributed by atoms with Gasteiger partial charge in [-0.05, 0) is 22.0 Å². The van der Waals surface area contributed by atoms with Crippen molar-refractivity contribution in [3.8, 4) is 0 Å². The second-order valence-electron chi connectivity index (χ2n) is 4.57. The number of carboxylic acid groups (broad SMARTS) is 1. The van der Waals surface area contributed by atoms with Crippen LogP contribution in [0, 0.1) is 11.6 Å². The van der Waals surface area contributed by atoms with Gasteiger partial charge in [-0.3, -0.25) is 0 Å². The number of halogens is 3. The highest BCUT2D eigenvalue weighted by Gasteiger charge is 2.39. The van der Waals surface area contributed by atoms with Gasteiger partial charge in [0.15, 0.2) is 5.82 Å². The van der Waals surface area contributed by atoms with Crippen molar-refractivity contribution in [2.45, 2.75) is 18.6 Å². The number of carboxylic acids is 1. The lowest BCUT2D eigenvalue weighted by atomic mass is 10.2. The van der Waals surface area contributed by atoms with E-state index in [1.807, 2.05) is 0 Å². The van der Waals surface area contributed by atoms with E-state index in [1.165, 1.54) is 0 Å². The molecule has 114 valence electrons. The van der Waals surface area contributed by atoms with E-state index in [2.05, 4.69) is 21.2 Å². The molecule has 3 N–H and O–H groups in total. The summed E-state index contributed by atoms with van der Waals surface area (Å²) in [5.41, 5.74) is -0.299. The molecular weight excluding hydrogens is 354 g/mol. The summed E-state index contributed by atoms with van der Waals surface area (Å²) in [7, 11) is 0. The van der Waals surface area contributed by atoms with Crippen molar-refractivity contribution in [2.24, 2.45) is 0 Å². The summed E-state index contributed by atoms with van der Waals surface area (Å²) in [4.78, 5) is 23.9. The number of carbonyl (C=O) groups is 2. The molecule has 1 saturated heterocycles. The van der Waals surface area contributed by atoms with Crippen LogP contribution in [0.15, 0.2) is 16.6 Å². The minimum Gasteiger partial charge on any atom is -0.480 e. The van der Waals surface area contributed by atoms with Crippen LogP contribution < -0.4 is 5.32 Å². The molecule has 1 aromatic rings. The topological polar surface area (TPSA) is 89.9 Å². The zero-order valence-electron chi connectivity index (χ0n) is 10.5. The first-order chi connectivity index (χ1) is 9.79. The number of aliphatic hydroxyl groups excluding tert-OH is 1. The molecule has 21 heavy (non-hydrogen) atoms. The van der Waals surface area contributed by atoms with Crippen LogP contribution in [-0.2, 0) is 4.79 Å². The predicted octanol–water partition coefficient (Wildman–Crippen LogP) is 1.78. The zero-order chi connectivity index (χ0) is 15.7. The van der Waals surface area contributed by atoms with Crippen molar-refractivity contribution in [1.82, 2.24) is 4.90 Å². The monoisotopic (exact) mass is 364 g/mol. The number of hydrogen-bond donors (Lipinski definition) is 3. The Labute approximate surface area is 126 Å². The number of nitrogens with zero attached hydrogens (tertiary/aromatic N) is 1. The van der Waals surface area contributed by atoms with E-state index in [1.54, 1.807) is 0 Å². The van der Waals surface area contributed by atoms with E-state index in [0.29, 0.717) is 6.07 Å². The lowest BCUT2D eigenvalue weighted by Crippen LogP contribution is -2.43. The largest absolute Gasteiger partial charge is 0.480 e. The van der Waals surface area contributed by atoms with Gasteiger partial charge in [0.25, 0.3) is 0 Å². The number of likely N-dealkylation sites (tertiary alicyclic amines) is 1. The fraction of sp³-hybridized carbons (Fsp3) is 0.333. The third-order valence-electron chi connectivity index (χ3n) is 3.06. The Morgan fingerprint density at radius 3 is 2.62 bits per heavy atom. The van der Waals surface area contributed by atoms with E-state index < -0.39 is 35.8 Å². The highest BCUT2D eigenvalue weighted by Crippen LogP contribution is 2.28. The molecule has 6 nitrogen and oxygen atoms in total. The minimum atomic E-state index is -1.26. The van der Waals surface area contributed by atoms with Crippen molar-refractivity contribution < 1.29 is 28.6 Å². The molecule has 0 aliphatic carbocycles. The molecule has 1 aliphatic rings. The fourth-order valence-corrected chi connectivity index (χ4v) is 2.62. The molecule has 2 amide bonds. The van der Waals surface area contributed by atoms with Gasteiger partial charge in [0.1, 0.15) is 11.9 Å². The summed E-state index contributed by atoms with van der Waals surface area (Å²) in [5.74, 6) is -3.08. The van der Waals surface area contributed by atoms with Crippen LogP contribution in [-0.4, -0.2) is 45.8 Å². The van der Waals surface area contributed by atoms with E-state index in [4.69, 9.17) is 5.11 Å². The van der Waals surface area contributed by atoms with Crippen molar-refractivity contribution in [1.29, 1.82) is 0 Å². The van der Waals surface area contributed by atoms with Crippen LogP contribution in [0.25, 0.3) is 0 Å². The molecule has 0 radical (unpaired) electrons. The normalized spacial score (nSPS) is 21.4. The molecule has 2 rings (SSSR count). The molecule has 0 aromatic heterocycles. The van der Waals surface area contributed by atoms with E-state index in [9.17, 15) is 23.5 Å². The maximum atomic E-state index is 13.6. The number of benzene rings is 1. The quantitative estimate of drug-likeness (QED) is 0.746. The maximum Gasteiger partial charge on any atom is 0.326 e. The van der Waals surface area contributed by atoms with Gasteiger partial charge in [-0.2, -0.15) is 0 Å². The van der Waals surface area contributed by atoms with Crippen LogP contribution in [0.5, 0.6) is 0 Å². The Morgan fingerprint density at radius 1 is 1.38 bits per heavy atom. The molecule has 1 heterocycles. The number of β-amino-alcohol motifs (C(OH)–C–C–N with tert-alkyl or cyclic N) is 1. The van der Waals surface area contributed by atoms with Crippen molar-refractivity contribution >= 4 is 33.6 Å². The lowest BCUT2D eigenvalue weighted by molar-refractivity contribution is -0.141. The van der Waals surface area contributed by atoms with E-state index in [0.717, 1.165) is 11.0 Å². The first-order valence-corrected chi connectivity index (χ1v) is 6.72. The average molecular weight is 365 g/mol. The predicted molar refractivity (Wildman–Crippen MR) is 71.8 cm³/mol. The van der Waals surface area contributed by atoms with E-state index in [-0.39, 0.29) is 23.1 Å². The lowest BCUT2D eigenvalue weighted by Gasteiger charge is -2.22. The van der Waals surface area contributed by atoms with Crippen molar-refractivity contribution in [3.63, 3.8) is 0 Å². The van der Waals surface area contributed by atoms with Crippen LogP contribution in [0.3, 0.4) is 0 Å². The van der Waals surface area contributed by atoms with Gasteiger partial charge >= 0.3 is 12.0 Å². The number of anilines is 1. The fourth-order valence-electron chi connectivity index (χ4n) is 2.11. The van der Waals surface area contributed by atoms with Crippen molar-refractivity contribution in [2.75, 3.05) is 11.9 Å². The Morgan fingerprint density at radius 2 is 2.05 bits per heavy atom. The molecule has 0 spiro atoms. The van der Waals surface area contributed by atoms with Gasteiger partial charge in [0, 0.05) is 23.5 Å². The average Bonchev–Trinajstić information content (AvgIpc) is 2.76. The SMILES string of the molecule is O=C(O)[C@H]1C[C@@H](O)CN1C(=O)Nc1c(F)cc(F)cc1Br. The highest BCUT2D eigenvalue weighted by molar-refractivity contribution is 9.10. The molecule has 0 bridgehead atoms. The summed E-state index contributed by atoms with van der Waals surface area (Å²) in [6.45, 7) is -0.177. The van der Waals surface area contributed by atoms with Gasteiger partial charge in [-0.1, -0.05) is 0 Å². The molecule has 9 heteroatoms. The summed E-state index contributed by atoms with van der Waals surface area (Å²) in [6, 6.07) is -0.521. The summed E-state index contributed by atoms with van der Waals surface area (Å²) < 4.78 is 26.6. The maximum absolute atomic E-state index is 13.6. The number of nitrogens with one attached hydrogen (secondary N) is 1. The molecule has 1 aliphatic heterocycles. The van der Waals surface area contributed by atoms with E-state index >= 15 is 0 Å². The summed E-state index contributed by atoms with van der Waals surface area (Å²) >= 11 is 2.91. The second kappa shape index (κ2) is 5.94. The Balaban J connectivity index is 2.20. The summed E-state index contributed by atoms with van der Waals surface area (Å²) in [6.07, 6.45) is -1.06. The van der Waals surface area contributed by atoms with Crippen LogP contribution in [0.4, 0.5) is 19.3 Å². The van der Waals surface area contributed by atoms with Gasteiger partial charge in [0.05, 0.1) is 11.8 Å². The van der Waals surface area contributed by atoms with Crippen LogP contribution >= 0.6 is 15.9 Å². The summed E-state index contributed by atoms with van der Waals surface area (Å²) in [5, 5.41) is 20.6. The number of aliphatic carboxylic acids is 1. The van der Waals surface area contributed by atoms with Crippen molar-refractivity contribution in [3.05, 3.63) is 28.2 Å². The Hall–Kier alpha value is -1.74. The molecular formula is C12H11BrF2N2O4. The number of carbonyl (C=O) groups excluding carboxylic acids is 1. The minimum absolute atomic E-state index is 0.0139. The standard InChI is InChI=1S/C12H11BrF2N2O4/c13-7-1-5(14)2-8(15)10(7)16-12(21)17-4-6(18)3-9(17)11(19)20/h1-2,6,9,18H,3-4H2,(H,16,21)(H,19,20)/t6-,9-/m1/s1. The molecule has 0 saturated carbocycles. The number of amides is 2. The van der Waals surface area contributed by atoms with Gasteiger partial charge in [0.2, 0.25) is 0 Å². The third-order valence-corrected chi connectivity index (χ3v) is 3.69.